The molecule has 0 unspecified atom stereocenters. The zero-order valence-corrected chi connectivity index (χ0v) is 21.2. The Balaban J connectivity index is 1.37. The number of imidazole rings is 1. The Morgan fingerprint density at radius 1 is 1.13 bits per heavy atom. The summed E-state index contributed by atoms with van der Waals surface area (Å²) >= 11 is 0. The van der Waals surface area contributed by atoms with Crippen molar-refractivity contribution in [3.8, 4) is 22.6 Å². The van der Waals surface area contributed by atoms with Crippen molar-refractivity contribution >= 4 is 33.4 Å². The van der Waals surface area contributed by atoms with E-state index in [0.717, 1.165) is 69.2 Å². The predicted octanol–water partition coefficient (Wildman–Crippen LogP) is 6.56. The Morgan fingerprint density at radius 2 is 2.03 bits per heavy atom. The van der Waals surface area contributed by atoms with Gasteiger partial charge in [0.2, 0.25) is 5.91 Å². The third-order valence-corrected chi connectivity index (χ3v) is 7.19. The number of aromatic nitrogens is 5. The fraction of sp³-hybridized carbons (Fsp3) is 0.161. The Labute approximate surface area is 220 Å². The van der Waals surface area contributed by atoms with Crippen molar-refractivity contribution in [2.45, 2.75) is 26.2 Å². The first-order chi connectivity index (χ1) is 18.6. The lowest BCUT2D eigenvalue weighted by atomic mass is 9.85. The van der Waals surface area contributed by atoms with Gasteiger partial charge in [-0.2, -0.15) is 5.10 Å². The fourth-order valence-corrected chi connectivity index (χ4v) is 4.84. The molecule has 0 atom stereocenters. The minimum atomic E-state index is 0.0703. The van der Waals surface area contributed by atoms with Crippen LogP contribution >= 0.6 is 0 Å². The number of hydrogen-bond acceptors (Lipinski definition) is 4. The monoisotopic (exact) mass is 500 g/mol. The van der Waals surface area contributed by atoms with Crippen LogP contribution in [0.1, 0.15) is 31.7 Å². The van der Waals surface area contributed by atoms with Crippen molar-refractivity contribution in [1.29, 1.82) is 0 Å². The number of allylic oxidation sites excluding steroid dienone is 4. The topological polar surface area (TPSA) is 99.3 Å². The average Bonchev–Trinajstić information content (AvgIpc) is 3.54. The lowest BCUT2D eigenvalue weighted by molar-refractivity contribution is -0.126. The second-order valence-corrected chi connectivity index (χ2v) is 9.53. The standard InChI is InChI=1S/C31H28N6O/c1-3-19(16-23(4-2)33-31(38)20-8-5-9-20)21-13-14-26-25(17-21)29(37-36-26)30-34-27-12-6-11-24(28(27)35-30)22-10-7-15-32-18-22/h3-4,6-7,10-18,20H,2,5,8-9H2,1H3,(H,33,38)(H,34,35)(H,36,37)/b19-3+,23-16+. The summed E-state index contributed by atoms with van der Waals surface area (Å²) in [6.45, 7) is 5.89. The highest BCUT2D eigenvalue weighted by molar-refractivity contribution is 5.98. The number of rotatable bonds is 7. The van der Waals surface area contributed by atoms with Crippen molar-refractivity contribution < 1.29 is 4.79 Å². The van der Waals surface area contributed by atoms with Gasteiger partial charge in [-0.05, 0) is 67.3 Å². The van der Waals surface area contributed by atoms with Gasteiger partial charge in [0.25, 0.3) is 0 Å². The lowest BCUT2D eigenvalue weighted by Gasteiger charge is -2.24. The van der Waals surface area contributed by atoms with Crippen LogP contribution in [0.25, 0.3) is 50.2 Å². The molecule has 7 nitrogen and oxygen atoms in total. The summed E-state index contributed by atoms with van der Waals surface area (Å²) in [5.74, 6) is 0.873. The summed E-state index contributed by atoms with van der Waals surface area (Å²) in [4.78, 5) is 25.1. The van der Waals surface area contributed by atoms with Crippen LogP contribution in [0.15, 0.2) is 91.4 Å². The number of aromatic amines is 2. The van der Waals surface area contributed by atoms with Crippen LogP contribution in [0.5, 0.6) is 0 Å². The molecule has 5 aromatic rings. The van der Waals surface area contributed by atoms with Crippen molar-refractivity contribution in [3.05, 3.63) is 97.0 Å². The first-order valence-corrected chi connectivity index (χ1v) is 12.8. The number of nitrogens with zero attached hydrogens (tertiary/aromatic N) is 3. The number of fused-ring (bicyclic) bond motifs is 2. The van der Waals surface area contributed by atoms with Crippen molar-refractivity contribution in [2.75, 3.05) is 0 Å². The van der Waals surface area contributed by atoms with Gasteiger partial charge in [0.05, 0.1) is 16.6 Å². The van der Waals surface area contributed by atoms with E-state index < -0.39 is 0 Å². The molecule has 3 heterocycles. The average molecular weight is 501 g/mol. The van der Waals surface area contributed by atoms with Crippen molar-refractivity contribution in [3.63, 3.8) is 0 Å². The van der Waals surface area contributed by atoms with Crippen LogP contribution in [-0.2, 0) is 4.79 Å². The number of H-pyrrole nitrogens is 2. The van der Waals surface area contributed by atoms with E-state index >= 15 is 0 Å². The van der Waals surface area contributed by atoms with Gasteiger partial charge in [0.15, 0.2) is 5.82 Å². The smallest absolute Gasteiger partial charge is 0.227 e. The minimum absolute atomic E-state index is 0.0703. The van der Waals surface area contributed by atoms with Gasteiger partial charge in [-0.15, -0.1) is 0 Å². The molecule has 3 aromatic heterocycles. The van der Waals surface area contributed by atoms with E-state index in [9.17, 15) is 4.79 Å². The van der Waals surface area contributed by atoms with E-state index in [1.807, 2.05) is 61.7 Å². The summed E-state index contributed by atoms with van der Waals surface area (Å²) in [5.41, 5.74) is 8.18. The van der Waals surface area contributed by atoms with Gasteiger partial charge in [0, 0.05) is 40.5 Å². The molecule has 0 bridgehead atoms. The number of hydrogen-bond donors (Lipinski definition) is 3. The molecule has 38 heavy (non-hydrogen) atoms. The van der Waals surface area contributed by atoms with Gasteiger partial charge in [0.1, 0.15) is 5.69 Å². The third kappa shape index (κ3) is 4.32. The quantitative estimate of drug-likeness (QED) is 0.220. The second-order valence-electron chi connectivity index (χ2n) is 9.53. The van der Waals surface area contributed by atoms with E-state index in [0.29, 0.717) is 11.5 Å². The van der Waals surface area contributed by atoms with E-state index in [4.69, 9.17) is 4.98 Å². The Hall–Kier alpha value is -4.78. The first kappa shape index (κ1) is 23.6. The molecular formula is C31H28N6O. The molecular weight excluding hydrogens is 472 g/mol. The second kappa shape index (κ2) is 9.94. The SMILES string of the molecule is C=C/C(=C\C(=C/C)c1ccc2[nH]nc(-c3nc4c(-c5cccnc5)cccc4[nH]3)c2c1)NC(=O)C1CCC1. The lowest BCUT2D eigenvalue weighted by Crippen LogP contribution is -2.33. The largest absolute Gasteiger partial charge is 0.337 e. The molecule has 7 heteroatoms. The summed E-state index contributed by atoms with van der Waals surface area (Å²) in [5, 5.41) is 11.7. The molecule has 0 spiro atoms. The highest BCUT2D eigenvalue weighted by Crippen LogP contribution is 2.33. The van der Waals surface area contributed by atoms with Crippen LogP contribution in [-0.4, -0.2) is 31.1 Å². The zero-order chi connectivity index (χ0) is 26.1. The maximum atomic E-state index is 12.5. The molecule has 0 aliphatic heterocycles. The fourth-order valence-electron chi connectivity index (χ4n) is 4.84. The molecule has 0 radical (unpaired) electrons. The van der Waals surface area contributed by atoms with E-state index in [2.05, 4.69) is 44.2 Å². The Bertz CT molecular complexity index is 1720. The molecule has 1 aliphatic rings. The van der Waals surface area contributed by atoms with Crippen LogP contribution < -0.4 is 5.32 Å². The normalized spacial score (nSPS) is 14.6. The van der Waals surface area contributed by atoms with Gasteiger partial charge in [-0.1, -0.05) is 43.3 Å². The summed E-state index contributed by atoms with van der Waals surface area (Å²) in [6.07, 6.45) is 12.3. The van der Waals surface area contributed by atoms with E-state index in [1.165, 1.54) is 0 Å². The number of benzene rings is 2. The molecule has 3 N–H and O–H groups in total. The highest BCUT2D eigenvalue weighted by atomic mass is 16.1. The van der Waals surface area contributed by atoms with Crippen LogP contribution in [0, 0.1) is 5.92 Å². The zero-order valence-electron chi connectivity index (χ0n) is 21.2. The van der Waals surface area contributed by atoms with Crippen LogP contribution in [0.4, 0.5) is 0 Å². The van der Waals surface area contributed by atoms with E-state index in [-0.39, 0.29) is 11.8 Å². The summed E-state index contributed by atoms with van der Waals surface area (Å²) < 4.78 is 0. The van der Waals surface area contributed by atoms with Gasteiger partial charge >= 0.3 is 0 Å². The molecule has 0 saturated heterocycles. The molecule has 1 aliphatic carbocycles. The number of carbonyl (C=O) groups is 1. The molecule has 188 valence electrons. The third-order valence-electron chi connectivity index (χ3n) is 7.19. The number of pyridine rings is 1. The van der Waals surface area contributed by atoms with Crippen LogP contribution in [0.2, 0.25) is 0 Å². The van der Waals surface area contributed by atoms with E-state index in [1.54, 1.807) is 12.3 Å². The van der Waals surface area contributed by atoms with Crippen molar-refractivity contribution in [2.24, 2.45) is 5.92 Å². The number of nitrogens with one attached hydrogen (secondary N) is 3. The first-order valence-electron chi connectivity index (χ1n) is 12.8. The maximum Gasteiger partial charge on any atom is 0.227 e. The molecule has 1 amide bonds. The molecule has 1 fully saturated rings. The Kier molecular flexibility index (Phi) is 6.17. The number of amides is 1. The van der Waals surface area contributed by atoms with Gasteiger partial charge in [-0.25, -0.2) is 4.98 Å². The predicted molar refractivity (Wildman–Crippen MR) is 152 cm³/mol. The summed E-state index contributed by atoms with van der Waals surface area (Å²) in [6, 6.07) is 16.2. The molecule has 6 rings (SSSR count). The van der Waals surface area contributed by atoms with Gasteiger partial charge < -0.3 is 10.3 Å². The molecule has 1 saturated carbocycles. The minimum Gasteiger partial charge on any atom is -0.337 e. The maximum absolute atomic E-state index is 12.5. The Morgan fingerprint density at radius 3 is 2.76 bits per heavy atom. The van der Waals surface area contributed by atoms with Gasteiger partial charge in [-0.3, -0.25) is 14.9 Å². The number of carbonyl (C=O) groups excluding carboxylic acids is 1. The number of para-hydroxylation sites is 1. The molecule has 2 aromatic carbocycles. The van der Waals surface area contributed by atoms with Crippen molar-refractivity contribution in [1.82, 2.24) is 30.5 Å². The van der Waals surface area contributed by atoms with Crippen LogP contribution in [0.3, 0.4) is 0 Å². The summed E-state index contributed by atoms with van der Waals surface area (Å²) in [7, 11) is 0. The highest BCUT2D eigenvalue weighted by Gasteiger charge is 2.25.